The van der Waals surface area contributed by atoms with E-state index in [4.69, 9.17) is 14.5 Å². The van der Waals surface area contributed by atoms with Gasteiger partial charge in [0.05, 0.1) is 28.9 Å². The number of carbonyl (C=O) groups is 1. The monoisotopic (exact) mass is 713 g/mol. The minimum atomic E-state index is -4.19. The van der Waals surface area contributed by atoms with E-state index in [0.29, 0.717) is 37.0 Å². The molecule has 2 aliphatic heterocycles. The first-order chi connectivity index (χ1) is 24.2. The molecule has 2 aromatic carbocycles. The van der Waals surface area contributed by atoms with Crippen LogP contribution in [0.15, 0.2) is 59.6 Å². The summed E-state index contributed by atoms with van der Waals surface area (Å²) in [6.07, 6.45) is 4.13. The van der Waals surface area contributed by atoms with Crippen molar-refractivity contribution in [3.8, 4) is 17.1 Å². The van der Waals surface area contributed by atoms with Crippen molar-refractivity contribution in [1.82, 2.24) is 24.8 Å². The molecule has 1 saturated heterocycles. The lowest BCUT2D eigenvalue weighted by Crippen LogP contribution is -2.45. The zero-order valence-electron chi connectivity index (χ0n) is 30.4. The Bertz CT molecular complexity index is 2010. The molecule has 13 heteroatoms. The Balaban J connectivity index is 1.46. The fourth-order valence-electron chi connectivity index (χ4n) is 6.74. The van der Waals surface area contributed by atoms with Crippen LogP contribution in [0.25, 0.3) is 11.3 Å². The van der Waals surface area contributed by atoms with Crippen LogP contribution in [-0.2, 0) is 21.3 Å². The number of nitrogens with one attached hydrogen (secondary N) is 1. The second-order valence-electron chi connectivity index (χ2n) is 14.7. The van der Waals surface area contributed by atoms with Crippen molar-refractivity contribution >= 4 is 27.8 Å². The van der Waals surface area contributed by atoms with Crippen LogP contribution in [0.5, 0.6) is 5.88 Å². The highest BCUT2D eigenvalue weighted by molar-refractivity contribution is 7.92. The molecule has 1 atom stereocenters. The molecule has 0 radical (unpaired) electrons. The predicted octanol–water partition coefficient (Wildman–Crippen LogP) is 6.11. The summed E-state index contributed by atoms with van der Waals surface area (Å²) in [6.45, 7) is 13.9. The highest BCUT2D eigenvalue weighted by Crippen LogP contribution is 2.32. The molecule has 2 aliphatic rings. The van der Waals surface area contributed by atoms with Gasteiger partial charge >= 0.3 is 0 Å². The van der Waals surface area contributed by atoms with Gasteiger partial charge in [-0.2, -0.15) is 4.98 Å². The number of carbonyl (C=O) groups excluding carboxylic acids is 1. The van der Waals surface area contributed by atoms with Crippen LogP contribution < -0.4 is 14.4 Å². The summed E-state index contributed by atoms with van der Waals surface area (Å²) in [5, 5.41) is 0. The lowest BCUT2D eigenvalue weighted by molar-refractivity contribution is 0.0508. The zero-order chi connectivity index (χ0) is 36.5. The Morgan fingerprint density at radius 3 is 2.37 bits per heavy atom. The summed E-state index contributed by atoms with van der Waals surface area (Å²) in [7, 11) is -2.20. The van der Waals surface area contributed by atoms with E-state index in [1.165, 1.54) is 12.1 Å². The van der Waals surface area contributed by atoms with E-state index in [1.54, 1.807) is 29.3 Å². The van der Waals surface area contributed by atoms with Crippen LogP contribution in [0.3, 0.4) is 0 Å². The Morgan fingerprint density at radius 2 is 1.67 bits per heavy atom. The maximum absolute atomic E-state index is 14.7. The third-order valence-electron chi connectivity index (χ3n) is 9.47. The fraction of sp³-hybridized carbons (Fsp3) is 0.447. The molecule has 4 bridgehead atoms. The number of rotatable bonds is 6. The summed E-state index contributed by atoms with van der Waals surface area (Å²) in [6, 6.07) is 13.5. The summed E-state index contributed by atoms with van der Waals surface area (Å²) >= 11 is 0. The summed E-state index contributed by atoms with van der Waals surface area (Å²) in [5.74, 6) is 0.311. The van der Waals surface area contributed by atoms with Crippen LogP contribution in [-0.4, -0.2) is 78.1 Å². The van der Waals surface area contributed by atoms with Gasteiger partial charge in [-0.25, -0.2) is 28.1 Å². The molecule has 4 heterocycles. The number of benzene rings is 2. The van der Waals surface area contributed by atoms with Crippen LogP contribution in [0.2, 0.25) is 0 Å². The van der Waals surface area contributed by atoms with E-state index in [0.717, 1.165) is 35.1 Å². The first-order valence-electron chi connectivity index (χ1n) is 17.3. The van der Waals surface area contributed by atoms with E-state index >= 15 is 0 Å². The van der Waals surface area contributed by atoms with E-state index in [-0.39, 0.29) is 52.8 Å². The fourth-order valence-corrected chi connectivity index (χ4v) is 7.73. The Labute approximate surface area is 300 Å². The van der Waals surface area contributed by atoms with E-state index in [9.17, 15) is 13.2 Å². The number of sulfonamides is 1. The molecule has 4 aromatic rings. The number of hydrogen-bond acceptors (Lipinski definition) is 10. The van der Waals surface area contributed by atoms with Crippen molar-refractivity contribution in [3.05, 3.63) is 82.7 Å². The smallest absolute Gasteiger partial charge is 0.264 e. The molecular weight excluding hydrogens is 667 g/mol. The molecule has 270 valence electrons. The molecule has 1 amide bonds. The van der Waals surface area contributed by atoms with Gasteiger partial charge in [-0.1, -0.05) is 45.0 Å². The van der Waals surface area contributed by atoms with Gasteiger partial charge < -0.3 is 19.3 Å². The van der Waals surface area contributed by atoms with Crippen molar-refractivity contribution in [2.45, 2.75) is 84.3 Å². The number of amides is 1. The Hall–Kier alpha value is -4.62. The quantitative estimate of drug-likeness (QED) is 0.249. The highest BCUT2D eigenvalue weighted by Gasteiger charge is 2.32. The van der Waals surface area contributed by atoms with Gasteiger partial charge in [0.2, 0.25) is 17.8 Å². The summed E-state index contributed by atoms with van der Waals surface area (Å²) in [5.41, 5.74) is 4.89. The molecule has 51 heavy (non-hydrogen) atoms. The number of fused-ring (bicyclic) bond motifs is 4. The van der Waals surface area contributed by atoms with Crippen molar-refractivity contribution in [3.63, 3.8) is 0 Å². The van der Waals surface area contributed by atoms with E-state index < -0.39 is 16.1 Å². The van der Waals surface area contributed by atoms with Gasteiger partial charge in [0.15, 0.2) is 0 Å². The molecule has 0 aliphatic carbocycles. The van der Waals surface area contributed by atoms with Gasteiger partial charge in [0, 0.05) is 49.7 Å². The second kappa shape index (κ2) is 14.5. The molecule has 12 nitrogen and oxygen atoms in total. The summed E-state index contributed by atoms with van der Waals surface area (Å²) < 4.78 is 42.1. The maximum Gasteiger partial charge on any atom is 0.264 e. The van der Waals surface area contributed by atoms with Gasteiger partial charge in [-0.05, 0) is 80.3 Å². The zero-order valence-corrected chi connectivity index (χ0v) is 31.2. The van der Waals surface area contributed by atoms with Gasteiger partial charge in [-0.15, -0.1) is 0 Å². The lowest BCUT2D eigenvalue weighted by atomic mass is 9.87. The molecule has 0 spiro atoms. The molecule has 0 saturated carbocycles. The highest BCUT2D eigenvalue weighted by atomic mass is 32.2. The first-order valence-corrected chi connectivity index (χ1v) is 18.8. The normalized spacial score (nSPS) is 18.1. The Morgan fingerprint density at radius 1 is 0.961 bits per heavy atom. The second-order valence-corrected chi connectivity index (χ2v) is 16.4. The number of hydrogen-bond donors (Lipinski definition) is 1. The standard InChI is InChI=1S/C38H47N7O5S/c1-24-10-8-11-25(2)34(24)31-19-33-42-36(40-31)43-51(47,48)30-13-9-12-27(18-30)35(46)45(29(23-50-33)20-38(4,5)6)22-32-26(3)21-39-37(41-32)44(7)28-14-16-49-17-15-28/h8-13,18-19,21,28-29H,14-17,20,22-23H2,1-7H3,(H,40,42,43). The number of nitrogens with zero attached hydrogens (tertiary/aromatic N) is 6. The Kier molecular flexibility index (Phi) is 10.3. The topological polar surface area (TPSA) is 140 Å². The van der Waals surface area contributed by atoms with Gasteiger partial charge in [0.1, 0.15) is 6.61 Å². The summed E-state index contributed by atoms with van der Waals surface area (Å²) in [4.78, 5) is 37.2. The van der Waals surface area contributed by atoms with Gasteiger partial charge in [0.25, 0.3) is 15.9 Å². The molecule has 2 aromatic heterocycles. The third-order valence-corrected chi connectivity index (χ3v) is 10.8. The van der Waals surface area contributed by atoms with Gasteiger partial charge in [-0.3, -0.25) is 4.79 Å². The molecule has 6 rings (SSSR count). The number of anilines is 2. The number of aromatic nitrogens is 4. The average molecular weight is 714 g/mol. The van der Waals surface area contributed by atoms with Crippen LogP contribution in [0.1, 0.15) is 72.8 Å². The first kappa shape index (κ1) is 36.2. The largest absolute Gasteiger partial charge is 0.475 e. The third kappa shape index (κ3) is 8.31. The molecule has 1 N–H and O–H groups in total. The average Bonchev–Trinajstić information content (AvgIpc) is 3.08. The van der Waals surface area contributed by atoms with Crippen molar-refractivity contribution < 1.29 is 22.7 Å². The van der Waals surface area contributed by atoms with Crippen molar-refractivity contribution in [2.75, 3.05) is 36.5 Å². The maximum atomic E-state index is 14.7. The lowest BCUT2D eigenvalue weighted by Gasteiger charge is -2.36. The van der Waals surface area contributed by atoms with Crippen molar-refractivity contribution in [1.29, 1.82) is 0 Å². The van der Waals surface area contributed by atoms with E-state index in [2.05, 4.69) is 45.3 Å². The number of aryl methyl sites for hydroxylation is 3. The molecule has 1 fully saturated rings. The number of ether oxygens (including phenoxy) is 2. The predicted molar refractivity (Wildman–Crippen MR) is 196 cm³/mol. The van der Waals surface area contributed by atoms with Crippen LogP contribution >= 0.6 is 0 Å². The SMILES string of the molecule is Cc1cnc(N(C)C2CCOCC2)nc1CN1C(=O)c2cccc(c2)S(=O)(=O)Nc2nc(cc(-c3c(C)cccc3C)n2)OCC1CC(C)(C)C. The molecule has 1 unspecified atom stereocenters. The molecular formula is C38H47N7O5S. The van der Waals surface area contributed by atoms with Crippen molar-refractivity contribution in [2.24, 2.45) is 5.41 Å². The van der Waals surface area contributed by atoms with Crippen LogP contribution in [0, 0.1) is 26.2 Å². The minimum Gasteiger partial charge on any atom is -0.475 e. The minimum absolute atomic E-state index is 0.0814. The van der Waals surface area contributed by atoms with Crippen LogP contribution in [0.4, 0.5) is 11.9 Å². The van der Waals surface area contributed by atoms with E-state index in [1.807, 2.05) is 46.0 Å².